The SMILES string of the molecule is Cc1ccc2c(c1O)[C@]13CCN(CC4CCC4)[C@H](C2)[C@]1(O)CC[C@H](O)C3. The fourth-order valence-electron chi connectivity index (χ4n) is 6.52. The third-order valence-electron chi connectivity index (χ3n) is 8.16. The molecule has 26 heavy (non-hydrogen) atoms. The lowest BCUT2D eigenvalue weighted by molar-refractivity contribution is -0.185. The summed E-state index contributed by atoms with van der Waals surface area (Å²) in [6, 6.07) is 4.26. The van der Waals surface area contributed by atoms with E-state index in [-0.39, 0.29) is 12.1 Å². The summed E-state index contributed by atoms with van der Waals surface area (Å²) >= 11 is 0. The largest absolute Gasteiger partial charge is 0.507 e. The van der Waals surface area contributed by atoms with Crippen molar-refractivity contribution in [3.63, 3.8) is 0 Å². The monoisotopic (exact) mass is 357 g/mol. The van der Waals surface area contributed by atoms with Gasteiger partial charge in [-0.25, -0.2) is 0 Å². The highest BCUT2D eigenvalue weighted by molar-refractivity contribution is 5.55. The lowest BCUT2D eigenvalue weighted by atomic mass is 9.48. The number of phenols is 1. The van der Waals surface area contributed by atoms with Gasteiger partial charge in [0.25, 0.3) is 0 Å². The van der Waals surface area contributed by atoms with Gasteiger partial charge < -0.3 is 15.3 Å². The number of piperidine rings is 1. The van der Waals surface area contributed by atoms with Crippen molar-refractivity contribution in [3.8, 4) is 5.75 Å². The highest BCUT2D eigenvalue weighted by Crippen LogP contribution is 2.60. The molecule has 3 fully saturated rings. The quantitative estimate of drug-likeness (QED) is 0.761. The van der Waals surface area contributed by atoms with E-state index in [1.807, 2.05) is 13.0 Å². The molecule has 3 N–H and O–H groups in total. The van der Waals surface area contributed by atoms with Gasteiger partial charge in [0.05, 0.1) is 11.7 Å². The number of likely N-dealkylation sites (tertiary alicyclic amines) is 1. The molecule has 4 atom stereocenters. The lowest BCUT2D eigenvalue weighted by Crippen LogP contribution is -2.73. The van der Waals surface area contributed by atoms with E-state index >= 15 is 0 Å². The van der Waals surface area contributed by atoms with Crippen LogP contribution in [0.5, 0.6) is 5.75 Å². The van der Waals surface area contributed by atoms with Crippen LogP contribution < -0.4 is 0 Å². The first kappa shape index (κ1) is 17.0. The van der Waals surface area contributed by atoms with Gasteiger partial charge in [-0.2, -0.15) is 0 Å². The average Bonchev–Trinajstić information content (AvgIpc) is 2.56. The Labute approximate surface area is 155 Å². The first-order valence-electron chi connectivity index (χ1n) is 10.4. The Morgan fingerprint density at radius 1 is 1.19 bits per heavy atom. The highest BCUT2D eigenvalue weighted by atomic mass is 16.3. The molecule has 0 unspecified atom stereocenters. The number of benzene rings is 1. The molecular formula is C22H31NO3. The van der Waals surface area contributed by atoms with Crippen molar-refractivity contribution in [1.82, 2.24) is 4.90 Å². The number of rotatable bonds is 2. The van der Waals surface area contributed by atoms with E-state index in [0.29, 0.717) is 25.0 Å². The van der Waals surface area contributed by atoms with Crippen molar-refractivity contribution < 1.29 is 15.3 Å². The molecule has 1 heterocycles. The topological polar surface area (TPSA) is 63.9 Å². The number of aromatic hydroxyl groups is 1. The molecule has 4 heteroatoms. The fraction of sp³-hybridized carbons (Fsp3) is 0.727. The predicted octanol–water partition coefficient (Wildman–Crippen LogP) is 2.64. The summed E-state index contributed by atoms with van der Waals surface area (Å²) in [7, 11) is 0. The lowest BCUT2D eigenvalue weighted by Gasteiger charge is -2.64. The maximum Gasteiger partial charge on any atom is 0.122 e. The molecule has 2 bridgehead atoms. The summed E-state index contributed by atoms with van der Waals surface area (Å²) < 4.78 is 0. The fourth-order valence-corrected chi connectivity index (χ4v) is 6.52. The van der Waals surface area contributed by atoms with Gasteiger partial charge in [-0.05, 0) is 75.5 Å². The third kappa shape index (κ3) is 2.12. The molecule has 0 amide bonds. The molecule has 1 saturated heterocycles. The highest BCUT2D eigenvalue weighted by Gasteiger charge is 2.65. The van der Waals surface area contributed by atoms with Crippen LogP contribution in [0.3, 0.4) is 0 Å². The van der Waals surface area contributed by atoms with Gasteiger partial charge in [-0.1, -0.05) is 18.6 Å². The van der Waals surface area contributed by atoms with Crippen LogP contribution >= 0.6 is 0 Å². The van der Waals surface area contributed by atoms with Crippen LogP contribution in [0, 0.1) is 12.8 Å². The Kier molecular flexibility index (Phi) is 3.73. The van der Waals surface area contributed by atoms with Gasteiger partial charge >= 0.3 is 0 Å². The van der Waals surface area contributed by atoms with E-state index in [1.54, 1.807) is 0 Å². The minimum Gasteiger partial charge on any atom is -0.507 e. The molecule has 2 saturated carbocycles. The molecule has 0 spiro atoms. The van der Waals surface area contributed by atoms with Crippen LogP contribution in [0.1, 0.15) is 61.6 Å². The maximum atomic E-state index is 12.1. The Morgan fingerprint density at radius 3 is 2.73 bits per heavy atom. The second-order valence-electron chi connectivity index (χ2n) is 9.43. The number of nitrogens with zero attached hydrogens (tertiary/aromatic N) is 1. The van der Waals surface area contributed by atoms with E-state index in [1.165, 1.54) is 24.8 Å². The van der Waals surface area contributed by atoms with Crippen LogP contribution in [0.2, 0.25) is 0 Å². The standard InChI is InChI=1S/C22H31NO3/c1-14-5-6-16-11-18-22(26)8-7-17(24)12-21(22,19(16)20(14)25)9-10-23(18)13-15-3-2-4-15/h5-6,15,17-18,24-26H,2-4,7-13H2,1H3/t17-,18+,21+,22+/m0/s1. The van der Waals surface area contributed by atoms with E-state index in [4.69, 9.17) is 0 Å². The van der Waals surface area contributed by atoms with Gasteiger partial charge in [0, 0.05) is 23.6 Å². The summed E-state index contributed by atoms with van der Waals surface area (Å²) in [5.74, 6) is 1.13. The Balaban J connectivity index is 1.63. The van der Waals surface area contributed by atoms with Crippen molar-refractivity contribution in [2.45, 2.75) is 81.5 Å². The summed E-state index contributed by atoms with van der Waals surface area (Å²) in [5.41, 5.74) is 1.64. The minimum atomic E-state index is -0.841. The average molecular weight is 357 g/mol. The zero-order valence-electron chi connectivity index (χ0n) is 15.7. The van der Waals surface area contributed by atoms with E-state index in [9.17, 15) is 15.3 Å². The van der Waals surface area contributed by atoms with Crippen LogP contribution in [0.15, 0.2) is 12.1 Å². The van der Waals surface area contributed by atoms with Gasteiger partial charge in [0.15, 0.2) is 0 Å². The summed E-state index contributed by atoms with van der Waals surface area (Å²) in [5, 5.41) is 33.5. The van der Waals surface area contributed by atoms with Crippen molar-refractivity contribution in [2.24, 2.45) is 5.92 Å². The van der Waals surface area contributed by atoms with Crippen LogP contribution in [-0.4, -0.2) is 51.1 Å². The normalized spacial score (nSPS) is 39.8. The Morgan fingerprint density at radius 2 is 2.00 bits per heavy atom. The first-order valence-corrected chi connectivity index (χ1v) is 10.4. The molecule has 4 aliphatic rings. The Bertz CT molecular complexity index is 730. The summed E-state index contributed by atoms with van der Waals surface area (Å²) in [6.07, 6.45) is 7.10. The van der Waals surface area contributed by atoms with E-state index in [0.717, 1.165) is 43.0 Å². The van der Waals surface area contributed by atoms with Gasteiger partial charge in [0.2, 0.25) is 0 Å². The maximum absolute atomic E-state index is 12.1. The van der Waals surface area contributed by atoms with Crippen molar-refractivity contribution >= 4 is 0 Å². The smallest absolute Gasteiger partial charge is 0.122 e. The number of hydrogen-bond acceptors (Lipinski definition) is 4. The number of fused-ring (bicyclic) bond motifs is 1. The van der Waals surface area contributed by atoms with Crippen molar-refractivity contribution in [1.29, 1.82) is 0 Å². The van der Waals surface area contributed by atoms with Crippen molar-refractivity contribution in [3.05, 3.63) is 28.8 Å². The number of aliphatic hydroxyl groups excluding tert-OH is 1. The molecule has 0 aromatic heterocycles. The minimum absolute atomic E-state index is 0.110. The Hall–Kier alpha value is -1.10. The molecule has 1 aliphatic heterocycles. The van der Waals surface area contributed by atoms with Crippen molar-refractivity contribution in [2.75, 3.05) is 13.1 Å². The molecule has 5 rings (SSSR count). The zero-order valence-corrected chi connectivity index (χ0v) is 15.7. The number of aliphatic hydroxyl groups is 2. The zero-order chi connectivity index (χ0) is 18.1. The molecule has 1 aromatic rings. The molecule has 4 nitrogen and oxygen atoms in total. The van der Waals surface area contributed by atoms with Gasteiger partial charge in [0.1, 0.15) is 5.75 Å². The predicted molar refractivity (Wildman–Crippen MR) is 100 cm³/mol. The second-order valence-corrected chi connectivity index (χ2v) is 9.43. The molecule has 1 aromatic carbocycles. The van der Waals surface area contributed by atoms with E-state index in [2.05, 4.69) is 11.0 Å². The van der Waals surface area contributed by atoms with Crippen LogP contribution in [-0.2, 0) is 11.8 Å². The first-order chi connectivity index (χ1) is 12.4. The molecule has 142 valence electrons. The molecule has 0 radical (unpaired) electrons. The third-order valence-corrected chi connectivity index (χ3v) is 8.16. The van der Waals surface area contributed by atoms with Crippen LogP contribution in [0.4, 0.5) is 0 Å². The second kappa shape index (κ2) is 5.70. The molecular weight excluding hydrogens is 326 g/mol. The summed E-state index contributed by atoms with van der Waals surface area (Å²) in [6.45, 7) is 3.99. The number of hydrogen-bond donors (Lipinski definition) is 3. The molecule has 3 aliphatic carbocycles. The van der Waals surface area contributed by atoms with Gasteiger partial charge in [-0.3, -0.25) is 4.90 Å². The van der Waals surface area contributed by atoms with Gasteiger partial charge in [-0.15, -0.1) is 0 Å². The van der Waals surface area contributed by atoms with E-state index < -0.39 is 11.0 Å². The number of aryl methyl sites for hydroxylation is 1. The number of phenolic OH excluding ortho intramolecular Hbond substituents is 1. The summed E-state index contributed by atoms with van der Waals surface area (Å²) in [4.78, 5) is 2.54. The van der Waals surface area contributed by atoms with Crippen LogP contribution in [0.25, 0.3) is 0 Å².